The molecule has 0 amide bonds. The van der Waals surface area contributed by atoms with Crippen molar-refractivity contribution in [1.82, 2.24) is 19.9 Å². The third kappa shape index (κ3) is 4.15. The number of aromatic nitrogens is 4. The highest BCUT2D eigenvalue weighted by Gasteiger charge is 2.13. The largest absolute Gasteiger partial charge is 0.507 e. The number of nitrogens with one attached hydrogen (secondary N) is 1. The van der Waals surface area contributed by atoms with Crippen LogP contribution in [0.1, 0.15) is 11.4 Å². The predicted molar refractivity (Wildman–Crippen MR) is 120 cm³/mol. The number of nitrogens with zero attached hydrogens (tertiary/aromatic N) is 4. The fourth-order valence-electron chi connectivity index (χ4n) is 3.07. The Labute approximate surface area is 182 Å². The van der Waals surface area contributed by atoms with Gasteiger partial charge in [-0.3, -0.25) is 5.32 Å². The Hall–Kier alpha value is -4.59. The molecule has 2 N–H and O–H groups in total. The maximum absolute atomic E-state index is 13.2. The average molecular weight is 425 g/mol. The SMILES string of the molecule is Oc1ccccc1-c1nc(/C=C/c2ccc(F)cc2)nc(Nc2nc3ccccc3o2)n1. The monoisotopic (exact) mass is 425 g/mol. The fourth-order valence-corrected chi connectivity index (χ4v) is 3.07. The van der Waals surface area contributed by atoms with Gasteiger partial charge in [-0.2, -0.15) is 15.0 Å². The van der Waals surface area contributed by atoms with Gasteiger partial charge in [0.25, 0.3) is 0 Å². The number of rotatable bonds is 5. The number of halogens is 1. The van der Waals surface area contributed by atoms with Crippen LogP contribution in [0.25, 0.3) is 34.6 Å². The molecule has 7 nitrogen and oxygen atoms in total. The van der Waals surface area contributed by atoms with Crippen molar-refractivity contribution in [2.45, 2.75) is 0 Å². The van der Waals surface area contributed by atoms with E-state index < -0.39 is 0 Å². The van der Waals surface area contributed by atoms with Crippen molar-refractivity contribution in [1.29, 1.82) is 0 Å². The summed E-state index contributed by atoms with van der Waals surface area (Å²) in [5.74, 6) is 0.536. The van der Waals surface area contributed by atoms with Crippen LogP contribution in [0, 0.1) is 5.82 Å². The van der Waals surface area contributed by atoms with E-state index in [1.54, 1.807) is 48.6 Å². The summed E-state index contributed by atoms with van der Waals surface area (Å²) < 4.78 is 18.9. The van der Waals surface area contributed by atoms with Crippen LogP contribution in [0.3, 0.4) is 0 Å². The molecule has 8 heteroatoms. The molecule has 0 radical (unpaired) electrons. The number of hydrogen-bond acceptors (Lipinski definition) is 7. The smallest absolute Gasteiger partial charge is 0.302 e. The second-order valence-electron chi connectivity index (χ2n) is 6.85. The number of aromatic hydroxyl groups is 1. The van der Waals surface area contributed by atoms with Crippen LogP contribution in [-0.2, 0) is 0 Å². The first-order chi connectivity index (χ1) is 15.6. The van der Waals surface area contributed by atoms with Crippen LogP contribution >= 0.6 is 0 Å². The molecule has 156 valence electrons. The van der Waals surface area contributed by atoms with Gasteiger partial charge in [0.1, 0.15) is 17.1 Å². The lowest BCUT2D eigenvalue weighted by atomic mass is 10.2. The first kappa shape index (κ1) is 19.4. The van der Waals surface area contributed by atoms with E-state index >= 15 is 0 Å². The standard InChI is InChI=1S/C24H16FN5O2/c25-16-12-9-15(10-13-16)11-14-21-27-22(17-5-1-3-7-19(17)31)29-23(28-21)30-24-26-18-6-2-4-8-20(18)32-24/h1-14,31H,(H,26,27,28,29,30)/b14-11+. The summed E-state index contributed by atoms with van der Waals surface area (Å²) in [4.78, 5) is 17.7. The predicted octanol–water partition coefficient (Wildman–Crippen LogP) is 5.44. The molecule has 2 aromatic heterocycles. The molecule has 0 aliphatic heterocycles. The van der Waals surface area contributed by atoms with Crippen molar-refractivity contribution >= 4 is 35.2 Å². The molecular formula is C24H16FN5O2. The lowest BCUT2D eigenvalue weighted by molar-refractivity contribution is 0.477. The molecule has 5 rings (SSSR count). The van der Waals surface area contributed by atoms with Crippen molar-refractivity contribution < 1.29 is 13.9 Å². The molecule has 0 saturated carbocycles. The molecule has 3 aromatic carbocycles. The summed E-state index contributed by atoms with van der Waals surface area (Å²) in [7, 11) is 0. The average Bonchev–Trinajstić information content (AvgIpc) is 3.21. The Kier molecular flexibility index (Phi) is 5.01. The zero-order valence-corrected chi connectivity index (χ0v) is 16.6. The minimum Gasteiger partial charge on any atom is -0.507 e. The van der Waals surface area contributed by atoms with Crippen LogP contribution in [0.4, 0.5) is 16.4 Å². The van der Waals surface area contributed by atoms with Crippen molar-refractivity contribution in [3.05, 3.63) is 90.0 Å². The van der Waals surface area contributed by atoms with Gasteiger partial charge in [0.2, 0.25) is 5.95 Å². The fraction of sp³-hybridized carbons (Fsp3) is 0. The molecule has 0 unspecified atom stereocenters. The molecule has 0 bridgehead atoms. The zero-order valence-electron chi connectivity index (χ0n) is 16.6. The van der Waals surface area contributed by atoms with Crippen molar-refractivity contribution in [2.24, 2.45) is 0 Å². The summed E-state index contributed by atoms with van der Waals surface area (Å²) in [6, 6.07) is 20.4. The molecular weight excluding hydrogens is 409 g/mol. The van der Waals surface area contributed by atoms with Gasteiger partial charge in [-0.25, -0.2) is 9.37 Å². The quantitative estimate of drug-likeness (QED) is 0.387. The Bertz CT molecular complexity index is 1400. The Morgan fingerprint density at radius 3 is 2.41 bits per heavy atom. The molecule has 0 aliphatic rings. The van der Waals surface area contributed by atoms with E-state index in [1.165, 1.54) is 12.1 Å². The van der Waals surface area contributed by atoms with Crippen LogP contribution in [0.15, 0.2) is 77.2 Å². The number of oxazole rings is 1. The van der Waals surface area contributed by atoms with E-state index in [2.05, 4.69) is 25.3 Å². The third-order valence-electron chi connectivity index (χ3n) is 4.61. The van der Waals surface area contributed by atoms with E-state index in [4.69, 9.17) is 4.42 Å². The maximum atomic E-state index is 13.2. The normalized spacial score (nSPS) is 11.3. The molecule has 2 heterocycles. The van der Waals surface area contributed by atoms with Crippen LogP contribution in [0.2, 0.25) is 0 Å². The maximum Gasteiger partial charge on any atom is 0.302 e. The number of fused-ring (bicyclic) bond motifs is 1. The Morgan fingerprint density at radius 1 is 0.812 bits per heavy atom. The summed E-state index contributed by atoms with van der Waals surface area (Å²) in [5.41, 5.74) is 2.55. The molecule has 0 aliphatic carbocycles. The minimum absolute atomic E-state index is 0.0416. The lowest BCUT2D eigenvalue weighted by Gasteiger charge is -2.07. The second-order valence-corrected chi connectivity index (χ2v) is 6.85. The number of phenolic OH excluding ortho intramolecular Hbond substituents is 1. The topological polar surface area (TPSA) is 97.0 Å². The van der Waals surface area contributed by atoms with E-state index in [0.717, 1.165) is 5.56 Å². The number of hydrogen-bond donors (Lipinski definition) is 2. The van der Waals surface area contributed by atoms with Gasteiger partial charge in [-0.1, -0.05) is 42.5 Å². The molecule has 0 spiro atoms. The van der Waals surface area contributed by atoms with Crippen molar-refractivity contribution in [3.8, 4) is 17.1 Å². The highest BCUT2D eigenvalue weighted by atomic mass is 19.1. The number of para-hydroxylation sites is 3. The van der Waals surface area contributed by atoms with E-state index in [1.807, 2.05) is 24.3 Å². The van der Waals surface area contributed by atoms with E-state index in [0.29, 0.717) is 22.5 Å². The molecule has 0 fully saturated rings. The number of anilines is 2. The Morgan fingerprint density at radius 2 is 1.59 bits per heavy atom. The van der Waals surface area contributed by atoms with Gasteiger partial charge in [-0.15, -0.1) is 0 Å². The van der Waals surface area contributed by atoms with Gasteiger partial charge in [0.15, 0.2) is 17.2 Å². The molecule has 32 heavy (non-hydrogen) atoms. The summed E-state index contributed by atoms with van der Waals surface area (Å²) in [6.45, 7) is 0. The van der Waals surface area contributed by atoms with Crippen molar-refractivity contribution in [3.63, 3.8) is 0 Å². The number of phenols is 1. The number of benzene rings is 3. The van der Waals surface area contributed by atoms with Gasteiger partial charge in [0, 0.05) is 0 Å². The first-order valence-corrected chi connectivity index (χ1v) is 9.75. The summed E-state index contributed by atoms with van der Waals surface area (Å²) in [5, 5.41) is 13.2. The minimum atomic E-state index is -0.311. The molecule has 0 atom stereocenters. The van der Waals surface area contributed by atoms with Gasteiger partial charge < -0.3 is 9.52 Å². The summed E-state index contributed by atoms with van der Waals surface area (Å²) >= 11 is 0. The van der Waals surface area contributed by atoms with Gasteiger partial charge >= 0.3 is 6.01 Å². The highest BCUT2D eigenvalue weighted by Crippen LogP contribution is 2.27. The van der Waals surface area contributed by atoms with E-state index in [9.17, 15) is 9.50 Å². The van der Waals surface area contributed by atoms with Crippen LogP contribution in [0.5, 0.6) is 5.75 Å². The zero-order chi connectivity index (χ0) is 21.9. The highest BCUT2D eigenvalue weighted by molar-refractivity contribution is 5.75. The van der Waals surface area contributed by atoms with E-state index in [-0.39, 0.29) is 29.4 Å². The first-order valence-electron chi connectivity index (χ1n) is 9.75. The second kappa shape index (κ2) is 8.27. The third-order valence-corrected chi connectivity index (χ3v) is 4.61. The van der Waals surface area contributed by atoms with Crippen molar-refractivity contribution in [2.75, 3.05) is 5.32 Å². The van der Waals surface area contributed by atoms with Gasteiger partial charge in [0.05, 0.1) is 5.56 Å². The van der Waals surface area contributed by atoms with Gasteiger partial charge in [-0.05, 0) is 48.0 Å². The van der Waals surface area contributed by atoms with Crippen LogP contribution in [-0.4, -0.2) is 25.0 Å². The Balaban J connectivity index is 1.54. The molecule has 5 aromatic rings. The summed E-state index contributed by atoms with van der Waals surface area (Å²) in [6.07, 6.45) is 3.43. The van der Waals surface area contributed by atoms with Crippen LogP contribution < -0.4 is 5.32 Å². The molecule has 0 saturated heterocycles. The lowest BCUT2D eigenvalue weighted by Crippen LogP contribution is -2.03.